The second kappa shape index (κ2) is 14.1. The number of ether oxygens (including phenoxy) is 1. The molecule has 0 aromatic heterocycles. The second-order valence-corrected chi connectivity index (χ2v) is 10.4. The van der Waals surface area contributed by atoms with Gasteiger partial charge in [-0.15, -0.1) is 0 Å². The predicted octanol–water partition coefficient (Wildman–Crippen LogP) is 2.79. The molecule has 4 N–H and O–H groups in total. The van der Waals surface area contributed by atoms with Crippen molar-refractivity contribution >= 4 is 17.8 Å². The molecule has 2 aromatic rings. The maximum absolute atomic E-state index is 14.3. The summed E-state index contributed by atoms with van der Waals surface area (Å²) >= 11 is 0. The van der Waals surface area contributed by atoms with Crippen molar-refractivity contribution in [2.45, 2.75) is 57.4 Å². The fourth-order valence-corrected chi connectivity index (χ4v) is 5.28. The van der Waals surface area contributed by atoms with E-state index in [2.05, 4.69) is 16.0 Å². The zero-order chi connectivity index (χ0) is 27.6. The Hall–Kier alpha value is -3.43. The van der Waals surface area contributed by atoms with Gasteiger partial charge in [0.25, 0.3) is 0 Å². The summed E-state index contributed by atoms with van der Waals surface area (Å²) in [5.41, 5.74) is 2.39. The molecule has 2 heterocycles. The second-order valence-electron chi connectivity index (χ2n) is 10.4. The van der Waals surface area contributed by atoms with E-state index in [1.807, 2.05) is 29.2 Å². The van der Waals surface area contributed by atoms with Crippen molar-refractivity contribution in [2.24, 2.45) is 0 Å². The first-order valence-electron chi connectivity index (χ1n) is 14.0. The Morgan fingerprint density at radius 3 is 2.54 bits per heavy atom. The fourth-order valence-electron chi connectivity index (χ4n) is 5.28. The van der Waals surface area contributed by atoms with Crippen LogP contribution in [0.15, 0.2) is 42.5 Å². The fraction of sp³-hybridized carbons (Fsp3) is 0.500. The molecule has 0 aliphatic carbocycles. The lowest BCUT2D eigenvalue weighted by Gasteiger charge is -2.29. The maximum atomic E-state index is 14.3. The van der Waals surface area contributed by atoms with Gasteiger partial charge in [-0.25, -0.2) is 0 Å². The minimum atomic E-state index is -0.611. The van der Waals surface area contributed by atoms with Gasteiger partial charge in [0.2, 0.25) is 11.8 Å². The molecule has 0 radical (unpaired) electrons. The number of nitrogens with one attached hydrogen (secondary N) is 3. The Labute approximate surface area is 230 Å². The largest absolute Gasteiger partial charge is 0.508 e. The minimum absolute atomic E-state index is 0.0382. The Morgan fingerprint density at radius 1 is 0.974 bits per heavy atom. The van der Waals surface area contributed by atoms with E-state index < -0.39 is 11.9 Å². The normalized spacial score (nSPS) is 21.7. The summed E-state index contributed by atoms with van der Waals surface area (Å²) in [6.45, 7) is 5.46. The van der Waals surface area contributed by atoms with Gasteiger partial charge in [0, 0.05) is 44.6 Å². The number of amides is 2. The zero-order valence-electron chi connectivity index (χ0n) is 22.7. The molecule has 4 rings (SSSR count). The Kier molecular flexibility index (Phi) is 10.3. The Balaban J connectivity index is 1.84. The van der Waals surface area contributed by atoms with Crippen LogP contribution < -0.4 is 20.7 Å². The Morgan fingerprint density at radius 2 is 1.74 bits per heavy atom. The lowest BCUT2D eigenvalue weighted by atomic mass is 9.87. The van der Waals surface area contributed by atoms with Crippen molar-refractivity contribution in [1.82, 2.24) is 20.9 Å². The smallest absolute Gasteiger partial charge is 0.308 e. The number of hydrogen-bond donors (Lipinski definition) is 4. The maximum Gasteiger partial charge on any atom is 0.308 e. The number of rotatable bonds is 3. The van der Waals surface area contributed by atoms with Crippen LogP contribution in [-0.2, 0) is 20.8 Å². The molecule has 2 amide bonds. The van der Waals surface area contributed by atoms with Crippen molar-refractivity contribution in [2.75, 3.05) is 39.3 Å². The molecule has 210 valence electrons. The molecule has 0 fully saturated rings. The van der Waals surface area contributed by atoms with Crippen LogP contribution in [0.5, 0.6) is 11.5 Å². The van der Waals surface area contributed by atoms with E-state index in [9.17, 15) is 19.5 Å². The third-order valence-electron chi connectivity index (χ3n) is 7.32. The van der Waals surface area contributed by atoms with Crippen LogP contribution >= 0.6 is 0 Å². The highest BCUT2D eigenvalue weighted by molar-refractivity contribution is 5.86. The van der Waals surface area contributed by atoms with Crippen LogP contribution in [-0.4, -0.2) is 67.1 Å². The van der Waals surface area contributed by atoms with E-state index in [0.717, 1.165) is 50.0 Å². The number of phenols is 1. The lowest BCUT2D eigenvalue weighted by Crippen LogP contribution is -2.39. The third-order valence-corrected chi connectivity index (χ3v) is 7.32. The lowest BCUT2D eigenvalue weighted by molar-refractivity contribution is -0.134. The number of aromatic hydroxyl groups is 1. The highest BCUT2D eigenvalue weighted by Crippen LogP contribution is 2.35. The molecule has 2 aliphatic heterocycles. The first-order valence-corrected chi connectivity index (χ1v) is 14.0. The topological polar surface area (TPSA) is 120 Å². The molecule has 2 aromatic carbocycles. The highest BCUT2D eigenvalue weighted by Gasteiger charge is 2.31. The number of esters is 1. The van der Waals surface area contributed by atoms with Crippen molar-refractivity contribution in [3.63, 3.8) is 0 Å². The SMILES string of the molecule is CC(=O)Oc1ccc2cc1C(Cc1ccc(O)cc1)C(=O)N1CCCCNCCCNC2CC(=O)NCCC1. The van der Waals surface area contributed by atoms with Gasteiger partial charge in [-0.1, -0.05) is 18.2 Å². The predicted molar refractivity (Wildman–Crippen MR) is 149 cm³/mol. The average molecular weight is 537 g/mol. The Bertz CT molecular complexity index is 1140. The molecule has 39 heavy (non-hydrogen) atoms. The summed E-state index contributed by atoms with van der Waals surface area (Å²) in [7, 11) is 0. The summed E-state index contributed by atoms with van der Waals surface area (Å²) in [6.07, 6.45) is 4.02. The number of carbonyl (C=O) groups excluding carboxylic acids is 3. The van der Waals surface area contributed by atoms with E-state index >= 15 is 0 Å². The van der Waals surface area contributed by atoms with Gasteiger partial charge in [-0.2, -0.15) is 0 Å². The summed E-state index contributed by atoms with van der Waals surface area (Å²) < 4.78 is 5.63. The molecule has 0 saturated carbocycles. The van der Waals surface area contributed by atoms with Gasteiger partial charge in [-0.3, -0.25) is 14.4 Å². The first kappa shape index (κ1) is 28.6. The number of phenolic OH excluding ortho intramolecular Hbond substituents is 1. The van der Waals surface area contributed by atoms with E-state index in [-0.39, 0.29) is 30.0 Å². The van der Waals surface area contributed by atoms with Crippen LogP contribution in [0.25, 0.3) is 0 Å². The molecule has 9 nitrogen and oxygen atoms in total. The summed E-state index contributed by atoms with van der Waals surface area (Å²) in [6, 6.07) is 12.1. The molecular weight excluding hydrogens is 496 g/mol. The van der Waals surface area contributed by atoms with Gasteiger partial charge in [0.1, 0.15) is 11.5 Å². The van der Waals surface area contributed by atoms with E-state index in [1.165, 1.54) is 6.92 Å². The average Bonchev–Trinajstić information content (AvgIpc) is 2.92. The quantitative estimate of drug-likeness (QED) is 0.352. The van der Waals surface area contributed by atoms with Gasteiger partial charge in [0.15, 0.2) is 0 Å². The summed E-state index contributed by atoms with van der Waals surface area (Å²) in [5, 5.41) is 19.9. The van der Waals surface area contributed by atoms with Crippen LogP contribution in [0.1, 0.15) is 67.7 Å². The van der Waals surface area contributed by atoms with Crippen molar-refractivity contribution in [3.05, 3.63) is 59.2 Å². The molecular formula is C30H40N4O5. The number of fused-ring (bicyclic) bond motifs is 2. The van der Waals surface area contributed by atoms with Crippen LogP contribution in [0.2, 0.25) is 0 Å². The monoisotopic (exact) mass is 536 g/mol. The number of benzene rings is 2. The number of carbonyl (C=O) groups is 3. The van der Waals surface area contributed by atoms with E-state index in [4.69, 9.17) is 4.74 Å². The van der Waals surface area contributed by atoms with Crippen molar-refractivity contribution < 1.29 is 24.2 Å². The van der Waals surface area contributed by atoms with Crippen molar-refractivity contribution in [3.8, 4) is 11.5 Å². The van der Waals surface area contributed by atoms with Crippen molar-refractivity contribution in [1.29, 1.82) is 0 Å². The highest BCUT2D eigenvalue weighted by atomic mass is 16.5. The van der Waals surface area contributed by atoms with Crippen LogP contribution in [0.3, 0.4) is 0 Å². The van der Waals surface area contributed by atoms with E-state index in [1.54, 1.807) is 18.2 Å². The van der Waals surface area contributed by atoms with E-state index in [0.29, 0.717) is 43.8 Å². The van der Waals surface area contributed by atoms with Gasteiger partial charge in [0.05, 0.1) is 5.92 Å². The number of hydrogen-bond acceptors (Lipinski definition) is 7. The standard InChI is InChI=1S/C30H40N4O5/c1-21(35)39-28-11-8-23-19-25(28)26(18-22-6-9-24(36)10-7-22)30(38)34-16-3-2-12-31-13-4-14-32-27(23)20-29(37)33-15-5-17-34/h6-11,19,26-27,31-32,36H,2-5,12-18,20H2,1H3,(H,33,37). The third kappa shape index (κ3) is 8.28. The molecule has 2 atom stereocenters. The summed E-state index contributed by atoms with van der Waals surface area (Å²) in [5.74, 6) is -0.641. The summed E-state index contributed by atoms with van der Waals surface area (Å²) in [4.78, 5) is 41.2. The molecule has 9 heteroatoms. The van der Waals surface area contributed by atoms with Gasteiger partial charge in [-0.05, 0) is 87.1 Å². The minimum Gasteiger partial charge on any atom is -0.508 e. The van der Waals surface area contributed by atoms with Gasteiger partial charge >= 0.3 is 5.97 Å². The van der Waals surface area contributed by atoms with Crippen LogP contribution in [0.4, 0.5) is 0 Å². The van der Waals surface area contributed by atoms with Gasteiger partial charge < -0.3 is 30.7 Å². The molecule has 2 unspecified atom stereocenters. The van der Waals surface area contributed by atoms with Crippen LogP contribution in [0, 0.1) is 0 Å². The molecule has 2 aliphatic rings. The zero-order valence-corrected chi connectivity index (χ0v) is 22.7. The molecule has 0 spiro atoms. The molecule has 4 bridgehead atoms. The first-order chi connectivity index (χ1) is 18.9. The molecule has 0 saturated heterocycles. The number of nitrogens with zero attached hydrogens (tertiary/aromatic N) is 1.